The third kappa shape index (κ3) is 4.80. The fourth-order valence-electron chi connectivity index (χ4n) is 4.52. The number of amides is 2. The fourth-order valence-corrected chi connectivity index (χ4v) is 4.96. The van der Waals surface area contributed by atoms with Gasteiger partial charge in [-0.3, -0.25) is 4.79 Å². The first kappa shape index (κ1) is 22.7. The Morgan fingerprint density at radius 3 is 2.94 bits per heavy atom. The molecule has 170 valence electrons. The summed E-state index contributed by atoms with van der Waals surface area (Å²) in [7, 11) is 0. The van der Waals surface area contributed by atoms with Gasteiger partial charge < -0.3 is 19.7 Å². The predicted molar refractivity (Wildman–Crippen MR) is 120 cm³/mol. The van der Waals surface area contributed by atoms with Crippen LogP contribution < -0.4 is 10.7 Å². The molecule has 0 bridgehead atoms. The van der Waals surface area contributed by atoms with Crippen LogP contribution in [0.15, 0.2) is 27.8 Å². The van der Waals surface area contributed by atoms with Crippen LogP contribution in [-0.2, 0) is 14.3 Å². The number of carbonyl (C=O) groups is 2. The maximum atomic E-state index is 12.3. The number of ether oxygens (including phenoxy) is 2. The molecule has 0 aliphatic carbocycles. The number of carbonyl (C=O) groups excluding carboxylic acids is 2. The lowest BCUT2D eigenvalue weighted by Crippen LogP contribution is -2.57. The molecule has 2 amide bonds. The summed E-state index contributed by atoms with van der Waals surface area (Å²) in [5.74, 6) is -0.0487. The highest BCUT2D eigenvalue weighted by molar-refractivity contribution is 9.10. The molecule has 2 N–H and O–H groups in total. The quantitative estimate of drug-likeness (QED) is 0.636. The maximum Gasteiger partial charge on any atom is 0.428 e. The molecule has 0 radical (unpaired) electrons. The van der Waals surface area contributed by atoms with E-state index < -0.39 is 11.7 Å². The summed E-state index contributed by atoms with van der Waals surface area (Å²) in [5.41, 5.74) is 3.40. The van der Waals surface area contributed by atoms with E-state index in [1.165, 1.54) is 0 Å². The second-order valence-electron chi connectivity index (χ2n) is 8.47. The molecule has 9 nitrogen and oxygen atoms in total. The van der Waals surface area contributed by atoms with Crippen LogP contribution in [-0.4, -0.2) is 66.6 Å². The molecule has 32 heavy (non-hydrogen) atoms. The van der Waals surface area contributed by atoms with Crippen molar-refractivity contribution in [2.75, 3.05) is 26.2 Å². The molecule has 2 fully saturated rings. The minimum atomic E-state index is -0.862. The van der Waals surface area contributed by atoms with Crippen LogP contribution in [0.25, 0.3) is 0 Å². The predicted octanol–water partition coefficient (Wildman–Crippen LogP) is 2.28. The number of nitriles is 1. The fraction of sp³-hybridized carbons (Fsp3) is 0.545. The Kier molecular flexibility index (Phi) is 6.79. The van der Waals surface area contributed by atoms with Crippen molar-refractivity contribution in [3.05, 3.63) is 33.8 Å². The number of hydrogen-bond acceptors (Lipinski definition) is 7. The lowest BCUT2D eigenvalue weighted by Gasteiger charge is -2.43. The molecule has 1 spiro atoms. The van der Waals surface area contributed by atoms with Crippen molar-refractivity contribution in [2.45, 2.75) is 50.4 Å². The molecule has 0 saturated carbocycles. The van der Waals surface area contributed by atoms with Crippen LogP contribution >= 0.6 is 15.9 Å². The van der Waals surface area contributed by atoms with Gasteiger partial charge in [0.15, 0.2) is 5.60 Å². The van der Waals surface area contributed by atoms with Crippen LogP contribution in [0.5, 0.6) is 0 Å². The Morgan fingerprint density at radius 2 is 2.25 bits per heavy atom. The summed E-state index contributed by atoms with van der Waals surface area (Å²) >= 11 is 3.54. The van der Waals surface area contributed by atoms with Crippen LogP contribution in [0, 0.1) is 11.3 Å². The van der Waals surface area contributed by atoms with Crippen molar-refractivity contribution in [2.24, 2.45) is 5.10 Å². The highest BCUT2D eigenvalue weighted by Crippen LogP contribution is 2.35. The lowest BCUT2D eigenvalue weighted by molar-refractivity contribution is -0.130. The largest absolute Gasteiger partial charge is 0.435 e. The summed E-state index contributed by atoms with van der Waals surface area (Å²) in [6, 6.07) is 7.39. The SMILES string of the molecule is C[C@@H](CN1CCC2(CC1)OC(=O)NN=C2c1cc(C#N)ccc1Br)NC(=O)C1CCCO1. The molecule has 2 atom stereocenters. The van der Waals surface area contributed by atoms with Gasteiger partial charge in [-0.25, -0.2) is 10.2 Å². The third-order valence-corrected chi connectivity index (χ3v) is 6.83. The smallest absolute Gasteiger partial charge is 0.428 e. The molecule has 3 aliphatic rings. The number of piperidine rings is 1. The van der Waals surface area contributed by atoms with Crippen molar-refractivity contribution in [3.63, 3.8) is 0 Å². The Labute approximate surface area is 195 Å². The van der Waals surface area contributed by atoms with Gasteiger partial charge in [-0.05, 0) is 38.0 Å². The van der Waals surface area contributed by atoms with Crippen LogP contribution in [0.1, 0.15) is 43.7 Å². The zero-order valence-electron chi connectivity index (χ0n) is 17.9. The van der Waals surface area contributed by atoms with Gasteiger partial charge in [0.2, 0.25) is 5.91 Å². The zero-order valence-corrected chi connectivity index (χ0v) is 19.5. The van der Waals surface area contributed by atoms with Gasteiger partial charge >= 0.3 is 6.09 Å². The highest BCUT2D eigenvalue weighted by Gasteiger charge is 2.46. The molecule has 3 aliphatic heterocycles. The van der Waals surface area contributed by atoms with E-state index in [2.05, 4.69) is 42.7 Å². The van der Waals surface area contributed by atoms with Crippen LogP contribution in [0.2, 0.25) is 0 Å². The van der Waals surface area contributed by atoms with E-state index in [4.69, 9.17) is 9.47 Å². The maximum absolute atomic E-state index is 12.3. The topological polar surface area (TPSA) is 116 Å². The molecule has 4 rings (SSSR count). The number of likely N-dealkylation sites (tertiary alicyclic amines) is 1. The molecule has 1 aromatic rings. The lowest BCUT2D eigenvalue weighted by atomic mass is 9.82. The van der Waals surface area contributed by atoms with E-state index in [9.17, 15) is 14.9 Å². The number of halogens is 1. The average molecular weight is 504 g/mol. The molecule has 2 saturated heterocycles. The van der Waals surface area contributed by atoms with Gasteiger partial charge in [0, 0.05) is 55.2 Å². The van der Waals surface area contributed by atoms with Crippen molar-refractivity contribution in [1.82, 2.24) is 15.6 Å². The van der Waals surface area contributed by atoms with Crippen molar-refractivity contribution >= 4 is 33.6 Å². The van der Waals surface area contributed by atoms with Gasteiger partial charge in [-0.2, -0.15) is 10.4 Å². The van der Waals surface area contributed by atoms with Gasteiger partial charge in [0.25, 0.3) is 0 Å². The van der Waals surface area contributed by atoms with Gasteiger partial charge in [0.1, 0.15) is 11.8 Å². The van der Waals surface area contributed by atoms with E-state index in [0.717, 1.165) is 22.9 Å². The monoisotopic (exact) mass is 503 g/mol. The third-order valence-electron chi connectivity index (χ3n) is 6.14. The Morgan fingerprint density at radius 1 is 1.47 bits per heavy atom. The Bertz CT molecular complexity index is 962. The van der Waals surface area contributed by atoms with Gasteiger partial charge in [0.05, 0.1) is 11.6 Å². The van der Waals surface area contributed by atoms with Crippen molar-refractivity contribution in [1.29, 1.82) is 5.26 Å². The summed E-state index contributed by atoms with van der Waals surface area (Å²) in [5, 5.41) is 16.7. The highest BCUT2D eigenvalue weighted by atomic mass is 79.9. The number of hydrogen-bond donors (Lipinski definition) is 2. The van der Waals surface area contributed by atoms with Crippen LogP contribution in [0.3, 0.4) is 0 Å². The first-order valence-corrected chi connectivity index (χ1v) is 11.6. The zero-order chi connectivity index (χ0) is 22.7. The first-order valence-electron chi connectivity index (χ1n) is 10.8. The van der Waals surface area contributed by atoms with E-state index in [0.29, 0.717) is 50.4 Å². The van der Waals surface area contributed by atoms with E-state index >= 15 is 0 Å². The number of nitrogens with zero attached hydrogens (tertiary/aromatic N) is 3. The van der Waals surface area contributed by atoms with Gasteiger partial charge in [-0.15, -0.1) is 0 Å². The minimum absolute atomic E-state index is 0.0223. The first-order chi connectivity index (χ1) is 15.4. The average Bonchev–Trinajstić information content (AvgIpc) is 3.31. The van der Waals surface area contributed by atoms with Gasteiger partial charge in [-0.1, -0.05) is 15.9 Å². The standard InChI is InChI=1S/C22H26BrN5O4/c1-14(25-20(29)18-3-2-10-31-18)13-28-8-6-22(7-9-28)19(26-27-21(30)32-22)16-11-15(12-24)4-5-17(16)23/h4-5,11,14,18H,2-3,6-10,13H2,1H3,(H,25,29)(H,27,30)/t14-,18?/m0/s1. The Balaban J connectivity index is 1.43. The second kappa shape index (κ2) is 9.57. The summed E-state index contributed by atoms with van der Waals surface area (Å²) in [6.07, 6.45) is 1.91. The van der Waals surface area contributed by atoms with E-state index in [1.807, 2.05) is 6.92 Å². The van der Waals surface area contributed by atoms with E-state index in [-0.39, 0.29) is 18.1 Å². The summed E-state index contributed by atoms with van der Waals surface area (Å²) in [4.78, 5) is 26.6. The molecule has 1 aromatic carbocycles. The summed E-state index contributed by atoms with van der Waals surface area (Å²) < 4.78 is 12.0. The minimum Gasteiger partial charge on any atom is -0.435 e. The second-order valence-corrected chi connectivity index (χ2v) is 9.33. The molecule has 0 aromatic heterocycles. The van der Waals surface area contributed by atoms with Crippen molar-refractivity contribution in [3.8, 4) is 6.07 Å². The number of benzene rings is 1. The number of nitrogens with one attached hydrogen (secondary N) is 2. The molecule has 10 heteroatoms. The normalized spacial score (nSPS) is 23.6. The number of rotatable bonds is 5. The molecule has 3 heterocycles. The molecular formula is C22H26BrN5O4. The molecular weight excluding hydrogens is 478 g/mol. The summed E-state index contributed by atoms with van der Waals surface area (Å²) in [6.45, 7) is 4.69. The van der Waals surface area contributed by atoms with E-state index in [1.54, 1.807) is 18.2 Å². The van der Waals surface area contributed by atoms with Crippen LogP contribution in [0.4, 0.5) is 4.79 Å². The Hall–Kier alpha value is -2.48. The van der Waals surface area contributed by atoms with Crippen molar-refractivity contribution < 1.29 is 19.1 Å². The molecule has 1 unspecified atom stereocenters. The number of hydrazone groups is 1.